The highest BCUT2D eigenvalue weighted by atomic mass is 32.2. The van der Waals surface area contributed by atoms with Crippen molar-refractivity contribution in [1.82, 2.24) is 0 Å². The van der Waals surface area contributed by atoms with Gasteiger partial charge in [-0.3, -0.25) is 4.79 Å². The Morgan fingerprint density at radius 1 is 0.773 bits per heavy atom. The van der Waals surface area contributed by atoms with Crippen LogP contribution >= 0.6 is 11.8 Å². The number of carbonyl (C=O) groups is 1. The van der Waals surface area contributed by atoms with Crippen LogP contribution in [0.15, 0.2) is 0 Å². The van der Waals surface area contributed by atoms with Crippen molar-refractivity contribution in [3.63, 3.8) is 0 Å². The molecule has 0 saturated heterocycles. The Balaban J connectivity index is 3.42. The van der Waals surface area contributed by atoms with Gasteiger partial charge in [-0.05, 0) is 19.3 Å². The molecule has 5 heteroatoms. The summed E-state index contributed by atoms with van der Waals surface area (Å²) < 4.78 is 23.8. The van der Waals surface area contributed by atoms with E-state index in [1.807, 2.05) is 0 Å². The Morgan fingerprint density at radius 3 is 1.73 bits per heavy atom. The van der Waals surface area contributed by atoms with Crippen molar-refractivity contribution >= 4 is 26.7 Å². The van der Waals surface area contributed by atoms with E-state index in [1.54, 1.807) is 6.92 Å². The van der Waals surface area contributed by atoms with Gasteiger partial charge in [-0.15, -0.1) is 0 Å². The summed E-state index contributed by atoms with van der Waals surface area (Å²) >= 11 is 1.38. The third-order valence-corrected chi connectivity index (χ3v) is 6.43. The summed E-state index contributed by atoms with van der Waals surface area (Å²) in [6.45, 7) is 3.78. The highest BCUT2D eigenvalue weighted by Gasteiger charge is 2.09. The Kier molecular flexibility index (Phi) is 14.5. The predicted molar refractivity (Wildman–Crippen MR) is 98.3 cm³/mol. The summed E-state index contributed by atoms with van der Waals surface area (Å²) in [6.07, 6.45) is 11.8. The minimum atomic E-state index is -2.83. The van der Waals surface area contributed by atoms with E-state index < -0.39 is 9.84 Å². The molecule has 0 unspecified atom stereocenters. The molecule has 0 fully saturated rings. The van der Waals surface area contributed by atoms with Crippen LogP contribution in [0.5, 0.6) is 0 Å². The van der Waals surface area contributed by atoms with E-state index in [2.05, 4.69) is 6.92 Å². The molecule has 132 valence electrons. The average molecular weight is 351 g/mol. The number of sulfone groups is 1. The molecule has 0 aliphatic rings. The zero-order chi connectivity index (χ0) is 16.7. The lowest BCUT2D eigenvalue weighted by Crippen LogP contribution is -2.11. The van der Waals surface area contributed by atoms with Crippen LogP contribution < -0.4 is 0 Å². The minimum Gasteiger partial charge on any atom is -0.288 e. The lowest BCUT2D eigenvalue weighted by Gasteiger charge is -2.05. The number of rotatable bonds is 15. The highest BCUT2D eigenvalue weighted by molar-refractivity contribution is 8.13. The first kappa shape index (κ1) is 22.0. The third-order valence-electron chi connectivity index (χ3n) is 3.71. The molecule has 22 heavy (non-hydrogen) atoms. The van der Waals surface area contributed by atoms with Gasteiger partial charge in [0.05, 0.1) is 11.5 Å². The fourth-order valence-electron chi connectivity index (χ4n) is 2.37. The summed E-state index contributed by atoms with van der Waals surface area (Å²) in [5, 5.41) is 0.181. The average Bonchev–Trinajstić information content (AvgIpc) is 2.45. The third kappa shape index (κ3) is 16.3. The second kappa shape index (κ2) is 14.6. The summed E-state index contributed by atoms with van der Waals surface area (Å²) in [6, 6.07) is 0. The standard InChI is InChI=1S/C17H34O3S2/c1-3-4-5-6-9-12-15-22(19,20)16-13-10-7-8-11-14-21-17(2)18/h3-16H2,1-2H3. The summed E-state index contributed by atoms with van der Waals surface area (Å²) in [7, 11) is -2.83. The predicted octanol–water partition coefficient (Wildman–Crippen LogP) is 4.99. The van der Waals surface area contributed by atoms with Crippen molar-refractivity contribution in [2.45, 2.75) is 84.5 Å². The van der Waals surface area contributed by atoms with E-state index in [9.17, 15) is 13.2 Å². The van der Waals surface area contributed by atoms with E-state index in [1.165, 1.54) is 37.4 Å². The Bertz CT molecular complexity index is 364. The number of unbranched alkanes of at least 4 members (excludes halogenated alkanes) is 9. The number of thioether (sulfide) groups is 1. The fraction of sp³-hybridized carbons (Fsp3) is 0.941. The summed E-state index contributed by atoms with van der Waals surface area (Å²) in [5.74, 6) is 1.62. The minimum absolute atomic E-state index is 0.181. The van der Waals surface area contributed by atoms with Crippen molar-refractivity contribution in [2.75, 3.05) is 17.3 Å². The van der Waals surface area contributed by atoms with Gasteiger partial charge in [0.2, 0.25) is 0 Å². The van der Waals surface area contributed by atoms with Crippen molar-refractivity contribution in [2.24, 2.45) is 0 Å². The number of carbonyl (C=O) groups excluding carboxylic acids is 1. The van der Waals surface area contributed by atoms with Crippen LogP contribution in [0.25, 0.3) is 0 Å². The molecular weight excluding hydrogens is 316 g/mol. The number of hydrogen-bond donors (Lipinski definition) is 0. The van der Waals surface area contributed by atoms with E-state index >= 15 is 0 Å². The van der Waals surface area contributed by atoms with Crippen LogP contribution in [-0.2, 0) is 14.6 Å². The van der Waals surface area contributed by atoms with Gasteiger partial charge < -0.3 is 0 Å². The Morgan fingerprint density at radius 2 is 1.23 bits per heavy atom. The molecule has 0 heterocycles. The van der Waals surface area contributed by atoms with Crippen LogP contribution in [0.1, 0.15) is 84.5 Å². The van der Waals surface area contributed by atoms with Gasteiger partial charge in [-0.25, -0.2) is 8.42 Å². The maximum Gasteiger partial charge on any atom is 0.185 e. The fourth-order valence-corrected chi connectivity index (χ4v) is 4.50. The molecule has 0 aromatic rings. The van der Waals surface area contributed by atoms with Crippen LogP contribution in [0.4, 0.5) is 0 Å². The molecule has 0 aliphatic heterocycles. The first-order chi connectivity index (χ1) is 10.5. The molecule has 0 aliphatic carbocycles. The van der Waals surface area contributed by atoms with Gasteiger partial charge in [0.1, 0.15) is 9.84 Å². The van der Waals surface area contributed by atoms with Crippen molar-refractivity contribution < 1.29 is 13.2 Å². The molecule has 0 rings (SSSR count). The molecule has 0 aromatic carbocycles. The molecule has 0 aromatic heterocycles. The van der Waals surface area contributed by atoms with Crippen molar-refractivity contribution in [1.29, 1.82) is 0 Å². The monoisotopic (exact) mass is 350 g/mol. The maximum atomic E-state index is 11.9. The molecule has 0 bridgehead atoms. The van der Waals surface area contributed by atoms with Crippen molar-refractivity contribution in [3.8, 4) is 0 Å². The van der Waals surface area contributed by atoms with Crippen molar-refractivity contribution in [3.05, 3.63) is 0 Å². The van der Waals surface area contributed by atoms with Gasteiger partial charge in [0.25, 0.3) is 0 Å². The van der Waals surface area contributed by atoms with Gasteiger partial charge in [-0.2, -0.15) is 0 Å². The van der Waals surface area contributed by atoms with E-state index in [0.29, 0.717) is 11.5 Å². The molecule has 3 nitrogen and oxygen atoms in total. The van der Waals surface area contributed by atoms with Gasteiger partial charge in [0.15, 0.2) is 5.12 Å². The quantitative estimate of drug-likeness (QED) is 0.390. The van der Waals surface area contributed by atoms with E-state index in [4.69, 9.17) is 0 Å². The largest absolute Gasteiger partial charge is 0.288 e. The van der Waals surface area contributed by atoms with Gasteiger partial charge in [0, 0.05) is 12.7 Å². The summed E-state index contributed by atoms with van der Waals surface area (Å²) in [4.78, 5) is 10.7. The SMILES string of the molecule is CCCCCCCCS(=O)(=O)CCCCCCCSC(C)=O. The normalized spacial score (nSPS) is 11.7. The van der Waals surface area contributed by atoms with Crippen LogP contribution in [0.2, 0.25) is 0 Å². The van der Waals surface area contributed by atoms with E-state index in [-0.39, 0.29) is 5.12 Å². The zero-order valence-corrected chi connectivity index (χ0v) is 16.1. The maximum absolute atomic E-state index is 11.9. The second-order valence-corrected chi connectivity index (χ2v) is 9.60. The first-order valence-electron chi connectivity index (χ1n) is 8.81. The first-order valence-corrected chi connectivity index (χ1v) is 11.6. The lowest BCUT2D eigenvalue weighted by atomic mass is 10.1. The molecule has 0 atom stereocenters. The molecule has 0 saturated carbocycles. The van der Waals surface area contributed by atoms with Gasteiger partial charge >= 0.3 is 0 Å². The van der Waals surface area contributed by atoms with Crippen LogP contribution in [0, 0.1) is 0 Å². The smallest absolute Gasteiger partial charge is 0.185 e. The molecule has 0 N–H and O–H groups in total. The summed E-state index contributed by atoms with van der Waals surface area (Å²) in [5.41, 5.74) is 0. The molecular formula is C17H34O3S2. The highest BCUT2D eigenvalue weighted by Crippen LogP contribution is 2.11. The Labute approximate surface area is 141 Å². The zero-order valence-electron chi connectivity index (χ0n) is 14.4. The lowest BCUT2D eigenvalue weighted by molar-refractivity contribution is -0.109. The second-order valence-electron chi connectivity index (χ2n) is 6.03. The molecule has 0 amide bonds. The number of hydrogen-bond acceptors (Lipinski definition) is 4. The topological polar surface area (TPSA) is 51.2 Å². The molecule has 0 spiro atoms. The van der Waals surface area contributed by atoms with Crippen LogP contribution in [0.3, 0.4) is 0 Å². The molecule has 0 radical (unpaired) electrons. The van der Waals surface area contributed by atoms with Gasteiger partial charge in [-0.1, -0.05) is 70.1 Å². The van der Waals surface area contributed by atoms with Crippen LogP contribution in [-0.4, -0.2) is 30.8 Å². The Hall–Kier alpha value is -0.0300. The van der Waals surface area contributed by atoms with E-state index in [0.717, 1.165) is 50.7 Å².